The molecular formula is C10H4Cl4N2S. The van der Waals surface area contributed by atoms with Gasteiger partial charge >= 0.3 is 0 Å². The minimum Gasteiger partial charge on any atom is -0.248 e. The largest absolute Gasteiger partial charge is 0.248 e. The Balaban J connectivity index is 2.30. The van der Waals surface area contributed by atoms with E-state index < -0.39 is 0 Å². The quantitative estimate of drug-likeness (QED) is 0.706. The Labute approximate surface area is 122 Å². The molecule has 0 spiro atoms. The summed E-state index contributed by atoms with van der Waals surface area (Å²) in [5, 5.41) is 2.82. The van der Waals surface area contributed by atoms with Crippen LogP contribution in [0, 0.1) is 0 Å². The van der Waals surface area contributed by atoms with Gasteiger partial charge in [0.1, 0.15) is 15.2 Å². The number of rotatable bonds is 2. The average molecular weight is 326 g/mol. The summed E-state index contributed by atoms with van der Waals surface area (Å²) in [5.41, 5.74) is 0. The van der Waals surface area contributed by atoms with Crippen LogP contribution in [0.1, 0.15) is 0 Å². The molecule has 0 aliphatic rings. The summed E-state index contributed by atoms with van der Waals surface area (Å²) in [6, 6.07) is 5.06. The number of nitrogens with zero attached hydrogens (tertiary/aromatic N) is 2. The molecule has 0 unspecified atom stereocenters. The van der Waals surface area contributed by atoms with Crippen molar-refractivity contribution in [2.75, 3.05) is 0 Å². The zero-order chi connectivity index (χ0) is 12.4. The highest BCUT2D eigenvalue weighted by Gasteiger charge is 2.10. The van der Waals surface area contributed by atoms with E-state index in [-0.39, 0.29) is 5.15 Å². The van der Waals surface area contributed by atoms with E-state index >= 15 is 0 Å². The van der Waals surface area contributed by atoms with Crippen molar-refractivity contribution >= 4 is 58.2 Å². The van der Waals surface area contributed by atoms with Crippen LogP contribution in [0.5, 0.6) is 0 Å². The highest BCUT2D eigenvalue weighted by atomic mass is 35.5. The maximum Gasteiger partial charge on any atom is 0.149 e. The second-order valence-electron chi connectivity index (χ2n) is 2.96. The fourth-order valence-corrected chi connectivity index (χ4v) is 2.53. The van der Waals surface area contributed by atoms with Gasteiger partial charge in [-0.3, -0.25) is 0 Å². The van der Waals surface area contributed by atoms with Crippen molar-refractivity contribution < 1.29 is 0 Å². The standard InChI is InChI=1S/C10H4Cl4N2S/c11-5-1-2-8(15-4-5)17-10-7(13)3-6(12)9(14)16-10/h1-4H. The lowest BCUT2D eigenvalue weighted by molar-refractivity contribution is 1.09. The molecule has 88 valence electrons. The molecule has 0 saturated heterocycles. The predicted octanol–water partition coefficient (Wildman–Crippen LogP) is 5.24. The van der Waals surface area contributed by atoms with Gasteiger partial charge < -0.3 is 0 Å². The molecule has 0 aliphatic heterocycles. The number of halogens is 4. The molecule has 0 amide bonds. The third-order valence-corrected chi connectivity index (χ3v) is 4.01. The van der Waals surface area contributed by atoms with Crippen molar-refractivity contribution in [3.05, 3.63) is 44.6 Å². The normalized spacial score (nSPS) is 10.6. The van der Waals surface area contributed by atoms with Gasteiger partial charge in [0.2, 0.25) is 0 Å². The Kier molecular flexibility index (Phi) is 4.39. The summed E-state index contributed by atoms with van der Waals surface area (Å²) in [7, 11) is 0. The van der Waals surface area contributed by atoms with Gasteiger partial charge in [-0.15, -0.1) is 0 Å². The van der Waals surface area contributed by atoms with Gasteiger partial charge in [-0.25, -0.2) is 9.97 Å². The molecule has 7 heteroatoms. The molecule has 0 N–H and O–H groups in total. The molecule has 0 saturated carbocycles. The SMILES string of the molecule is Clc1ccc(Sc2nc(Cl)c(Cl)cc2Cl)nc1. The maximum atomic E-state index is 6.00. The van der Waals surface area contributed by atoms with Gasteiger partial charge in [-0.2, -0.15) is 0 Å². The van der Waals surface area contributed by atoms with Crippen molar-refractivity contribution in [3.63, 3.8) is 0 Å². The van der Waals surface area contributed by atoms with Gasteiger partial charge in [0.15, 0.2) is 0 Å². The number of hydrogen-bond acceptors (Lipinski definition) is 3. The molecule has 0 radical (unpaired) electrons. The fraction of sp³-hybridized carbons (Fsp3) is 0. The summed E-state index contributed by atoms with van der Waals surface area (Å²) >= 11 is 24.6. The molecule has 0 bridgehead atoms. The molecule has 2 heterocycles. The number of hydrogen-bond donors (Lipinski definition) is 0. The summed E-state index contributed by atoms with van der Waals surface area (Å²) in [5.74, 6) is 0. The van der Waals surface area contributed by atoms with Gasteiger partial charge in [0.25, 0.3) is 0 Å². The maximum absolute atomic E-state index is 6.00. The molecule has 0 aromatic carbocycles. The molecule has 2 nitrogen and oxygen atoms in total. The molecule has 2 aromatic heterocycles. The van der Waals surface area contributed by atoms with Crippen LogP contribution < -0.4 is 0 Å². The first-order valence-corrected chi connectivity index (χ1v) is 6.70. The first-order valence-electron chi connectivity index (χ1n) is 4.37. The van der Waals surface area contributed by atoms with Crippen LogP contribution in [0.4, 0.5) is 0 Å². The van der Waals surface area contributed by atoms with Crippen LogP contribution in [-0.2, 0) is 0 Å². The zero-order valence-corrected chi connectivity index (χ0v) is 12.0. The minimum absolute atomic E-state index is 0.215. The van der Waals surface area contributed by atoms with Gasteiger partial charge in [0, 0.05) is 6.20 Å². The van der Waals surface area contributed by atoms with Crippen molar-refractivity contribution in [2.45, 2.75) is 10.1 Å². The van der Waals surface area contributed by atoms with E-state index in [1.807, 2.05) is 0 Å². The lowest BCUT2D eigenvalue weighted by atomic mass is 10.5. The number of pyridine rings is 2. The lowest BCUT2D eigenvalue weighted by Crippen LogP contribution is -1.86. The average Bonchev–Trinajstić information content (AvgIpc) is 2.29. The minimum atomic E-state index is 0.215. The highest BCUT2D eigenvalue weighted by molar-refractivity contribution is 7.99. The topological polar surface area (TPSA) is 25.8 Å². The summed E-state index contributed by atoms with van der Waals surface area (Å²) in [4.78, 5) is 8.20. The third-order valence-electron chi connectivity index (χ3n) is 1.76. The van der Waals surface area contributed by atoms with E-state index in [0.29, 0.717) is 20.1 Å². The van der Waals surface area contributed by atoms with E-state index in [2.05, 4.69) is 9.97 Å². The summed E-state index contributed by atoms with van der Waals surface area (Å²) in [6.07, 6.45) is 1.55. The second-order valence-corrected chi connectivity index (χ2v) is 5.58. The van der Waals surface area contributed by atoms with Gasteiger partial charge in [0.05, 0.1) is 15.1 Å². The van der Waals surface area contributed by atoms with Gasteiger partial charge in [-0.1, -0.05) is 46.4 Å². The first kappa shape index (κ1) is 13.2. The third kappa shape index (κ3) is 3.39. The highest BCUT2D eigenvalue weighted by Crippen LogP contribution is 2.34. The smallest absolute Gasteiger partial charge is 0.149 e. The Hall–Kier alpha value is -0.190. The van der Waals surface area contributed by atoms with E-state index in [0.717, 1.165) is 5.03 Å². The summed E-state index contributed by atoms with van der Waals surface area (Å²) < 4.78 is 0. The van der Waals surface area contributed by atoms with E-state index in [4.69, 9.17) is 46.4 Å². The van der Waals surface area contributed by atoms with Crippen LogP contribution >= 0.6 is 58.2 Å². The molecule has 17 heavy (non-hydrogen) atoms. The van der Waals surface area contributed by atoms with E-state index in [1.54, 1.807) is 24.4 Å². The Bertz CT molecular complexity index is 545. The Morgan fingerprint density at radius 2 is 1.76 bits per heavy atom. The predicted molar refractivity (Wildman–Crippen MR) is 72.6 cm³/mol. The van der Waals surface area contributed by atoms with Crippen LogP contribution in [0.25, 0.3) is 0 Å². The molecule has 0 atom stereocenters. The summed E-state index contributed by atoms with van der Waals surface area (Å²) in [6.45, 7) is 0. The Morgan fingerprint density at radius 1 is 1.00 bits per heavy atom. The molecule has 0 aliphatic carbocycles. The lowest BCUT2D eigenvalue weighted by Gasteiger charge is -2.04. The van der Waals surface area contributed by atoms with Crippen LogP contribution in [-0.4, -0.2) is 9.97 Å². The van der Waals surface area contributed by atoms with Crippen LogP contribution in [0.15, 0.2) is 34.4 Å². The Morgan fingerprint density at radius 3 is 2.41 bits per heavy atom. The monoisotopic (exact) mass is 324 g/mol. The molecular weight excluding hydrogens is 322 g/mol. The van der Waals surface area contributed by atoms with Crippen molar-refractivity contribution in [1.82, 2.24) is 9.97 Å². The van der Waals surface area contributed by atoms with E-state index in [9.17, 15) is 0 Å². The fourth-order valence-electron chi connectivity index (χ4n) is 1.02. The molecule has 2 rings (SSSR count). The van der Waals surface area contributed by atoms with Crippen LogP contribution in [0.2, 0.25) is 20.2 Å². The van der Waals surface area contributed by atoms with Crippen molar-refractivity contribution in [1.29, 1.82) is 0 Å². The van der Waals surface area contributed by atoms with E-state index in [1.165, 1.54) is 11.8 Å². The van der Waals surface area contributed by atoms with Crippen molar-refractivity contribution in [2.24, 2.45) is 0 Å². The van der Waals surface area contributed by atoms with Crippen LogP contribution in [0.3, 0.4) is 0 Å². The van der Waals surface area contributed by atoms with Gasteiger partial charge in [-0.05, 0) is 30.0 Å². The first-order chi connectivity index (χ1) is 8.06. The molecule has 2 aromatic rings. The van der Waals surface area contributed by atoms with Crippen molar-refractivity contribution in [3.8, 4) is 0 Å². The zero-order valence-electron chi connectivity index (χ0n) is 8.12. The second kappa shape index (κ2) is 5.63. The molecule has 0 fully saturated rings. The number of aromatic nitrogens is 2.